The molecule has 0 bridgehead atoms. The van der Waals surface area contributed by atoms with Gasteiger partial charge in [0.2, 0.25) is 0 Å². The summed E-state index contributed by atoms with van der Waals surface area (Å²) in [6.07, 6.45) is 2.49. The molecule has 0 atom stereocenters. The molecule has 0 spiro atoms. The van der Waals surface area contributed by atoms with E-state index in [0.717, 1.165) is 35.5 Å². The van der Waals surface area contributed by atoms with Crippen LogP contribution >= 0.6 is 11.3 Å². The SMILES string of the molecule is CCCn1c(C)cc(C(=O)Cn2cnc3scc(-c4ccccc4)c3c2=O)c1C. The lowest BCUT2D eigenvalue weighted by atomic mass is 10.1. The van der Waals surface area contributed by atoms with Crippen LogP contribution in [-0.4, -0.2) is 19.9 Å². The van der Waals surface area contributed by atoms with Gasteiger partial charge in [0.25, 0.3) is 5.56 Å². The van der Waals surface area contributed by atoms with Crippen molar-refractivity contribution in [2.45, 2.75) is 40.3 Å². The van der Waals surface area contributed by atoms with Crippen LogP contribution in [0.4, 0.5) is 0 Å². The second-order valence-corrected chi connectivity index (χ2v) is 8.09. The van der Waals surface area contributed by atoms with Gasteiger partial charge in [0.05, 0.1) is 18.3 Å². The lowest BCUT2D eigenvalue weighted by Crippen LogP contribution is -2.24. The smallest absolute Gasteiger partial charge is 0.263 e. The van der Waals surface area contributed by atoms with Crippen molar-refractivity contribution in [3.63, 3.8) is 0 Å². The number of hydrogen-bond acceptors (Lipinski definition) is 4. The second kappa shape index (κ2) is 7.79. The Morgan fingerprint density at radius 1 is 1.17 bits per heavy atom. The molecule has 0 aliphatic heterocycles. The highest BCUT2D eigenvalue weighted by molar-refractivity contribution is 7.17. The molecule has 0 amide bonds. The predicted octanol–water partition coefficient (Wildman–Crippen LogP) is 4.84. The van der Waals surface area contributed by atoms with Gasteiger partial charge in [-0.2, -0.15) is 0 Å². The van der Waals surface area contributed by atoms with Crippen LogP contribution in [0.5, 0.6) is 0 Å². The Kier molecular flexibility index (Phi) is 5.20. The van der Waals surface area contributed by atoms with E-state index in [9.17, 15) is 9.59 Å². The molecule has 0 radical (unpaired) electrons. The number of aromatic nitrogens is 3. The average Bonchev–Trinajstić information content (AvgIpc) is 3.28. The van der Waals surface area contributed by atoms with Gasteiger partial charge >= 0.3 is 0 Å². The molecule has 1 aromatic carbocycles. The van der Waals surface area contributed by atoms with Gasteiger partial charge in [-0.3, -0.25) is 14.2 Å². The number of hydrogen-bond donors (Lipinski definition) is 0. The zero-order valence-electron chi connectivity index (χ0n) is 16.8. The number of thiophene rings is 1. The quantitative estimate of drug-likeness (QED) is 0.432. The second-order valence-electron chi connectivity index (χ2n) is 7.23. The van der Waals surface area contributed by atoms with Gasteiger partial charge in [-0.25, -0.2) is 4.98 Å². The van der Waals surface area contributed by atoms with Crippen LogP contribution in [0.1, 0.15) is 35.1 Å². The number of carbonyl (C=O) groups is 1. The van der Waals surface area contributed by atoms with Crippen molar-refractivity contribution in [1.29, 1.82) is 0 Å². The third-order valence-corrected chi connectivity index (χ3v) is 6.17. The largest absolute Gasteiger partial charge is 0.348 e. The molecule has 3 heterocycles. The Labute approximate surface area is 173 Å². The van der Waals surface area contributed by atoms with Crippen molar-refractivity contribution in [2.24, 2.45) is 0 Å². The van der Waals surface area contributed by atoms with Gasteiger partial charge in [-0.1, -0.05) is 37.3 Å². The summed E-state index contributed by atoms with van der Waals surface area (Å²) in [5.74, 6) is -0.0693. The Morgan fingerprint density at radius 3 is 2.66 bits per heavy atom. The number of carbonyl (C=O) groups excluding carboxylic acids is 1. The minimum Gasteiger partial charge on any atom is -0.348 e. The fraction of sp³-hybridized carbons (Fsp3) is 0.261. The summed E-state index contributed by atoms with van der Waals surface area (Å²) in [7, 11) is 0. The maximum atomic E-state index is 13.2. The number of nitrogens with zero attached hydrogens (tertiary/aromatic N) is 3. The van der Waals surface area contributed by atoms with Crippen LogP contribution in [0.2, 0.25) is 0 Å². The first-order valence-corrected chi connectivity index (χ1v) is 10.6. The van der Waals surface area contributed by atoms with Crippen LogP contribution in [0.25, 0.3) is 21.3 Å². The third-order valence-electron chi connectivity index (χ3n) is 5.28. The third kappa shape index (κ3) is 3.44. The van der Waals surface area contributed by atoms with Gasteiger partial charge in [-0.15, -0.1) is 11.3 Å². The zero-order chi connectivity index (χ0) is 20.5. The predicted molar refractivity (Wildman–Crippen MR) is 118 cm³/mol. The van der Waals surface area contributed by atoms with Crippen LogP contribution in [0.3, 0.4) is 0 Å². The van der Waals surface area contributed by atoms with Crippen molar-refractivity contribution in [1.82, 2.24) is 14.1 Å². The fourth-order valence-electron chi connectivity index (χ4n) is 3.80. The van der Waals surface area contributed by atoms with E-state index in [2.05, 4.69) is 16.5 Å². The van der Waals surface area contributed by atoms with E-state index in [-0.39, 0.29) is 17.9 Å². The standard InChI is InChI=1S/C23H23N3O2S/c1-4-10-26-15(2)11-18(16(26)3)20(27)12-25-14-24-22-21(23(25)28)19(13-29-22)17-8-6-5-7-9-17/h5-9,11,13-14H,4,10,12H2,1-3H3. The van der Waals surface area contributed by atoms with Crippen LogP contribution in [0.15, 0.2) is 52.9 Å². The molecule has 6 heteroatoms. The lowest BCUT2D eigenvalue weighted by molar-refractivity contribution is 0.0970. The molecule has 29 heavy (non-hydrogen) atoms. The summed E-state index contributed by atoms with van der Waals surface area (Å²) in [5, 5.41) is 2.53. The fourth-order valence-corrected chi connectivity index (χ4v) is 4.71. The number of aryl methyl sites for hydroxylation is 1. The van der Waals surface area contributed by atoms with E-state index < -0.39 is 0 Å². The molecule has 0 aliphatic rings. The zero-order valence-corrected chi connectivity index (χ0v) is 17.6. The van der Waals surface area contributed by atoms with E-state index in [1.54, 1.807) is 0 Å². The topological polar surface area (TPSA) is 56.9 Å². The summed E-state index contributed by atoms with van der Waals surface area (Å²) in [5.41, 5.74) is 4.37. The van der Waals surface area contributed by atoms with Crippen molar-refractivity contribution >= 4 is 27.3 Å². The van der Waals surface area contributed by atoms with Gasteiger partial charge in [0.1, 0.15) is 4.83 Å². The van der Waals surface area contributed by atoms with E-state index in [4.69, 9.17) is 0 Å². The molecular formula is C23H23N3O2S. The minimum atomic E-state index is -0.175. The van der Waals surface area contributed by atoms with Gasteiger partial charge in [-0.05, 0) is 31.9 Å². The van der Waals surface area contributed by atoms with E-state index in [1.165, 1.54) is 22.2 Å². The summed E-state index contributed by atoms with van der Waals surface area (Å²) in [6, 6.07) is 11.7. The van der Waals surface area contributed by atoms with E-state index in [1.807, 2.05) is 55.6 Å². The number of fused-ring (bicyclic) bond motifs is 1. The maximum Gasteiger partial charge on any atom is 0.263 e. The minimum absolute atomic E-state index is 0.0116. The Bertz CT molecular complexity index is 1250. The first kappa shape index (κ1) is 19.3. The molecular weight excluding hydrogens is 382 g/mol. The number of ketones is 1. The Morgan fingerprint density at radius 2 is 1.93 bits per heavy atom. The van der Waals surface area contributed by atoms with Crippen LogP contribution in [0, 0.1) is 13.8 Å². The van der Waals surface area contributed by atoms with Gasteiger partial charge in [0, 0.05) is 34.4 Å². The van der Waals surface area contributed by atoms with Gasteiger partial charge in [0.15, 0.2) is 5.78 Å². The number of Topliss-reactive ketones (excluding diaryl/α,β-unsaturated/α-hetero) is 1. The molecule has 0 saturated carbocycles. The monoisotopic (exact) mass is 405 g/mol. The molecule has 0 fully saturated rings. The molecule has 3 aromatic heterocycles. The maximum absolute atomic E-state index is 13.2. The number of benzene rings is 1. The summed E-state index contributed by atoms with van der Waals surface area (Å²) < 4.78 is 3.58. The molecule has 0 unspecified atom stereocenters. The van der Waals surface area contributed by atoms with Crippen molar-refractivity contribution < 1.29 is 4.79 Å². The lowest BCUT2D eigenvalue weighted by Gasteiger charge is -2.08. The number of rotatable bonds is 6. The molecule has 0 saturated heterocycles. The van der Waals surface area contributed by atoms with Crippen LogP contribution < -0.4 is 5.56 Å². The molecule has 4 rings (SSSR count). The molecule has 0 aliphatic carbocycles. The highest BCUT2D eigenvalue weighted by Crippen LogP contribution is 2.30. The van der Waals surface area contributed by atoms with Crippen molar-refractivity contribution in [3.05, 3.63) is 75.4 Å². The van der Waals surface area contributed by atoms with E-state index >= 15 is 0 Å². The molecule has 5 nitrogen and oxygen atoms in total. The highest BCUT2D eigenvalue weighted by atomic mass is 32.1. The summed E-state index contributed by atoms with van der Waals surface area (Å²) in [6.45, 7) is 6.96. The summed E-state index contributed by atoms with van der Waals surface area (Å²) >= 11 is 1.45. The first-order chi connectivity index (χ1) is 14.0. The molecule has 148 valence electrons. The van der Waals surface area contributed by atoms with E-state index in [0.29, 0.717) is 15.8 Å². The van der Waals surface area contributed by atoms with Crippen molar-refractivity contribution in [2.75, 3.05) is 0 Å². The van der Waals surface area contributed by atoms with Crippen LogP contribution in [-0.2, 0) is 13.1 Å². The average molecular weight is 406 g/mol. The Balaban J connectivity index is 1.72. The summed E-state index contributed by atoms with van der Waals surface area (Å²) in [4.78, 5) is 31.3. The molecule has 4 aromatic rings. The normalized spacial score (nSPS) is 11.3. The highest BCUT2D eigenvalue weighted by Gasteiger charge is 2.18. The molecule has 0 N–H and O–H groups in total. The Hall–Kier alpha value is -2.99. The first-order valence-electron chi connectivity index (χ1n) is 9.73. The van der Waals surface area contributed by atoms with Gasteiger partial charge < -0.3 is 4.57 Å². The van der Waals surface area contributed by atoms with Crippen molar-refractivity contribution in [3.8, 4) is 11.1 Å².